The molecule has 2 heterocycles. The van der Waals surface area contributed by atoms with Gasteiger partial charge in [0.05, 0.1) is 22.2 Å². The Bertz CT molecular complexity index is 1440. The number of nitro groups is 1. The van der Waals surface area contributed by atoms with Crippen molar-refractivity contribution in [2.24, 2.45) is 0 Å². The van der Waals surface area contributed by atoms with Gasteiger partial charge in [-0.3, -0.25) is 10.1 Å². The fourth-order valence-electron chi connectivity index (χ4n) is 4.02. The molecule has 182 valence electrons. The van der Waals surface area contributed by atoms with Crippen molar-refractivity contribution in [3.05, 3.63) is 123 Å². The molecule has 1 aromatic heterocycles. The summed E-state index contributed by atoms with van der Waals surface area (Å²) < 4.78 is 36.6. The van der Waals surface area contributed by atoms with Crippen molar-refractivity contribution >= 4 is 21.6 Å². The van der Waals surface area contributed by atoms with Crippen LogP contribution in [0.5, 0.6) is 0 Å². The zero-order chi connectivity index (χ0) is 25.2. The maximum Gasteiger partial charge on any atom is 0.272 e. The lowest BCUT2D eigenvalue weighted by atomic mass is 10.1. The van der Waals surface area contributed by atoms with Crippen LogP contribution in [0.15, 0.2) is 89.9 Å². The van der Waals surface area contributed by atoms with E-state index >= 15 is 0 Å². The van der Waals surface area contributed by atoms with Crippen molar-refractivity contribution in [1.29, 1.82) is 0 Å². The molecule has 0 N–H and O–H groups in total. The third kappa shape index (κ3) is 4.85. The van der Waals surface area contributed by atoms with Crippen LogP contribution in [0.25, 0.3) is 16.9 Å². The molecule has 0 bridgehead atoms. The summed E-state index contributed by atoms with van der Waals surface area (Å²) in [5, 5.41) is 15.7. The molecule has 0 fully saturated rings. The molecule has 5 rings (SSSR count). The van der Waals surface area contributed by atoms with Crippen LogP contribution in [0.4, 0.5) is 14.5 Å². The molecule has 1 atom stereocenters. The van der Waals surface area contributed by atoms with Crippen molar-refractivity contribution in [1.82, 2.24) is 14.7 Å². The van der Waals surface area contributed by atoms with E-state index in [-0.39, 0.29) is 11.5 Å². The summed E-state index contributed by atoms with van der Waals surface area (Å²) in [4.78, 5) is 12.2. The number of aromatic nitrogens is 2. The first-order chi connectivity index (χ1) is 17.4. The maximum absolute atomic E-state index is 14.4. The van der Waals surface area contributed by atoms with Crippen LogP contribution in [0, 0.1) is 21.7 Å². The van der Waals surface area contributed by atoms with Crippen LogP contribution in [-0.4, -0.2) is 26.1 Å². The molecule has 4 aromatic rings. The summed E-state index contributed by atoms with van der Waals surface area (Å²) >= 11 is 3.44. The SMILES string of the molecule is O=[N+]([O-])c1ccc(CCN2C=COC2c2cn(-c3ccc(Br)cc3)nc2-c2ccc(F)cc2)c(F)c1. The highest BCUT2D eigenvalue weighted by Gasteiger charge is 2.29. The molecule has 0 amide bonds. The highest BCUT2D eigenvalue weighted by atomic mass is 79.9. The topological polar surface area (TPSA) is 73.4 Å². The summed E-state index contributed by atoms with van der Waals surface area (Å²) in [6, 6.07) is 17.4. The molecule has 3 aromatic carbocycles. The number of nitrogens with zero attached hydrogens (tertiary/aromatic N) is 4. The van der Waals surface area contributed by atoms with Gasteiger partial charge in [-0.1, -0.05) is 15.9 Å². The second-order valence-electron chi connectivity index (χ2n) is 8.16. The molecule has 0 radical (unpaired) electrons. The van der Waals surface area contributed by atoms with Crippen molar-refractivity contribution in [2.45, 2.75) is 12.6 Å². The van der Waals surface area contributed by atoms with E-state index in [0.717, 1.165) is 27.4 Å². The van der Waals surface area contributed by atoms with E-state index < -0.39 is 17.0 Å². The van der Waals surface area contributed by atoms with E-state index in [4.69, 9.17) is 9.84 Å². The second-order valence-corrected chi connectivity index (χ2v) is 9.07. The normalized spacial score (nSPS) is 14.8. The summed E-state index contributed by atoms with van der Waals surface area (Å²) in [7, 11) is 0. The Morgan fingerprint density at radius 3 is 2.50 bits per heavy atom. The average molecular weight is 553 g/mol. The van der Waals surface area contributed by atoms with Gasteiger partial charge < -0.3 is 9.64 Å². The molecule has 0 saturated carbocycles. The minimum absolute atomic E-state index is 0.289. The first-order valence-electron chi connectivity index (χ1n) is 11.0. The Morgan fingerprint density at radius 1 is 1.06 bits per heavy atom. The third-order valence-electron chi connectivity index (χ3n) is 5.87. The predicted octanol–water partition coefficient (Wildman–Crippen LogP) is 6.53. The Kier molecular flexibility index (Phi) is 6.51. The van der Waals surface area contributed by atoms with E-state index in [1.807, 2.05) is 35.4 Å². The molecule has 36 heavy (non-hydrogen) atoms. The molecule has 1 aliphatic heterocycles. The largest absolute Gasteiger partial charge is 0.472 e. The lowest BCUT2D eigenvalue weighted by molar-refractivity contribution is -0.385. The van der Waals surface area contributed by atoms with Crippen LogP contribution >= 0.6 is 15.9 Å². The fraction of sp³-hybridized carbons (Fsp3) is 0.115. The third-order valence-corrected chi connectivity index (χ3v) is 6.39. The number of hydrogen-bond donors (Lipinski definition) is 0. The molecular weight excluding hydrogens is 534 g/mol. The first-order valence-corrected chi connectivity index (χ1v) is 11.8. The van der Waals surface area contributed by atoms with Crippen LogP contribution in [0.3, 0.4) is 0 Å². The Balaban J connectivity index is 1.45. The van der Waals surface area contributed by atoms with E-state index in [2.05, 4.69) is 15.9 Å². The molecule has 0 saturated heterocycles. The smallest absolute Gasteiger partial charge is 0.272 e. The Morgan fingerprint density at radius 2 is 1.81 bits per heavy atom. The van der Waals surface area contributed by atoms with Gasteiger partial charge in [-0.15, -0.1) is 0 Å². The highest BCUT2D eigenvalue weighted by molar-refractivity contribution is 9.10. The van der Waals surface area contributed by atoms with E-state index in [9.17, 15) is 18.9 Å². The monoisotopic (exact) mass is 552 g/mol. The molecular formula is C26H19BrF2N4O3. The van der Waals surface area contributed by atoms with Crippen LogP contribution in [-0.2, 0) is 11.2 Å². The molecule has 0 aliphatic carbocycles. The molecule has 1 unspecified atom stereocenters. The molecule has 1 aliphatic rings. The minimum Gasteiger partial charge on any atom is -0.472 e. The average Bonchev–Trinajstić information content (AvgIpc) is 3.51. The van der Waals surface area contributed by atoms with Gasteiger partial charge in [0.25, 0.3) is 5.69 Å². The Hall–Kier alpha value is -4.05. The molecule has 0 spiro atoms. The fourth-order valence-corrected chi connectivity index (χ4v) is 4.28. The van der Waals surface area contributed by atoms with Crippen molar-refractivity contribution < 1.29 is 18.4 Å². The van der Waals surface area contributed by atoms with E-state index in [0.29, 0.717) is 24.2 Å². The zero-order valence-electron chi connectivity index (χ0n) is 18.7. The van der Waals surface area contributed by atoms with Crippen LogP contribution < -0.4 is 0 Å². The number of nitro benzene ring substituents is 1. The molecule has 10 heteroatoms. The van der Waals surface area contributed by atoms with E-state index in [1.165, 1.54) is 24.3 Å². The van der Waals surface area contributed by atoms with Gasteiger partial charge in [0, 0.05) is 35.0 Å². The number of hydrogen-bond acceptors (Lipinski definition) is 5. The summed E-state index contributed by atoms with van der Waals surface area (Å²) in [6.07, 6.45) is 4.94. The predicted molar refractivity (Wildman–Crippen MR) is 133 cm³/mol. The van der Waals surface area contributed by atoms with Gasteiger partial charge in [-0.2, -0.15) is 5.10 Å². The zero-order valence-corrected chi connectivity index (χ0v) is 20.3. The van der Waals surface area contributed by atoms with Gasteiger partial charge in [0.2, 0.25) is 6.23 Å². The van der Waals surface area contributed by atoms with Crippen LogP contribution in [0.1, 0.15) is 17.4 Å². The van der Waals surface area contributed by atoms with Crippen LogP contribution in [0.2, 0.25) is 0 Å². The first kappa shape index (κ1) is 23.7. The van der Waals surface area contributed by atoms with Crippen molar-refractivity contribution in [3.8, 4) is 16.9 Å². The van der Waals surface area contributed by atoms with Gasteiger partial charge in [-0.25, -0.2) is 13.5 Å². The molecule has 7 nitrogen and oxygen atoms in total. The second kappa shape index (κ2) is 9.90. The lowest BCUT2D eigenvalue weighted by Gasteiger charge is -2.24. The summed E-state index contributed by atoms with van der Waals surface area (Å²) in [6.45, 7) is 0.391. The maximum atomic E-state index is 14.4. The quantitative estimate of drug-likeness (QED) is 0.192. The van der Waals surface area contributed by atoms with E-state index in [1.54, 1.807) is 29.3 Å². The van der Waals surface area contributed by atoms with Gasteiger partial charge in [0.15, 0.2) is 0 Å². The number of benzene rings is 3. The number of rotatable bonds is 7. The minimum atomic E-state index is -0.625. The van der Waals surface area contributed by atoms with Gasteiger partial charge >= 0.3 is 0 Å². The summed E-state index contributed by atoms with van der Waals surface area (Å²) in [5.41, 5.74) is 3.00. The Labute approximate surface area is 213 Å². The van der Waals surface area contributed by atoms with Crippen molar-refractivity contribution in [3.63, 3.8) is 0 Å². The number of halogens is 3. The highest BCUT2D eigenvalue weighted by Crippen LogP contribution is 2.35. The van der Waals surface area contributed by atoms with Gasteiger partial charge in [-0.05, 0) is 66.6 Å². The van der Waals surface area contributed by atoms with Gasteiger partial charge in [0.1, 0.15) is 23.6 Å². The number of ether oxygens (including phenoxy) is 1. The number of non-ortho nitro benzene ring substituents is 1. The lowest BCUT2D eigenvalue weighted by Crippen LogP contribution is -2.23. The standard InChI is InChI=1S/C26H19BrF2N4O3/c27-19-4-9-21(10-5-19)32-16-23(25(30-32)18-1-6-20(28)7-2-18)26-31(13-14-36-26)12-11-17-3-8-22(33(34)35)15-24(17)29/h1-10,13-16,26H,11-12H2. The van der Waals surface area contributed by atoms with Crippen molar-refractivity contribution in [2.75, 3.05) is 6.54 Å². The summed E-state index contributed by atoms with van der Waals surface area (Å²) in [5.74, 6) is -0.974.